The highest BCUT2D eigenvalue weighted by molar-refractivity contribution is 5.82. The van der Waals surface area contributed by atoms with E-state index < -0.39 is 0 Å². The lowest BCUT2D eigenvalue weighted by atomic mass is 9.98. The summed E-state index contributed by atoms with van der Waals surface area (Å²) >= 11 is 0. The van der Waals surface area contributed by atoms with Crippen LogP contribution in [0.4, 0.5) is 5.69 Å². The van der Waals surface area contributed by atoms with E-state index in [9.17, 15) is 0 Å². The minimum atomic E-state index is 0.597. The van der Waals surface area contributed by atoms with Gasteiger partial charge < -0.3 is 0 Å². The Hall–Kier alpha value is -2.40. The van der Waals surface area contributed by atoms with Crippen molar-refractivity contribution in [1.29, 1.82) is 5.26 Å². The minimum Gasteiger partial charge on any atom is -0.256 e. The quantitative estimate of drug-likeness (QED) is 0.727. The molecule has 0 aliphatic rings. The molecule has 2 nitrogen and oxygen atoms in total. The standard InChI is InChI=1S/C18H18N2/c1-3-14(2)17-8-4-16(5-9-17)13-20-18-10-6-15(12-19)7-11-18/h4-11,13-14H,3H2,1-2H3. The van der Waals surface area contributed by atoms with Gasteiger partial charge >= 0.3 is 0 Å². The molecule has 20 heavy (non-hydrogen) atoms. The van der Waals surface area contributed by atoms with Gasteiger partial charge in [-0.2, -0.15) is 5.26 Å². The Balaban J connectivity index is 2.09. The molecule has 0 heterocycles. The van der Waals surface area contributed by atoms with Crippen molar-refractivity contribution in [3.8, 4) is 6.07 Å². The number of hydrogen-bond acceptors (Lipinski definition) is 2. The van der Waals surface area contributed by atoms with E-state index in [2.05, 4.69) is 49.2 Å². The fourth-order valence-corrected chi connectivity index (χ4v) is 1.92. The van der Waals surface area contributed by atoms with Crippen molar-refractivity contribution in [2.45, 2.75) is 26.2 Å². The maximum atomic E-state index is 8.74. The van der Waals surface area contributed by atoms with Crippen LogP contribution >= 0.6 is 0 Å². The van der Waals surface area contributed by atoms with Crippen LogP contribution in [0.15, 0.2) is 53.5 Å². The van der Waals surface area contributed by atoms with Crippen LogP contribution in [0.2, 0.25) is 0 Å². The van der Waals surface area contributed by atoms with E-state index >= 15 is 0 Å². The lowest BCUT2D eigenvalue weighted by molar-refractivity contribution is 0.733. The van der Waals surface area contributed by atoms with Crippen molar-refractivity contribution >= 4 is 11.9 Å². The average molecular weight is 262 g/mol. The normalized spacial score (nSPS) is 12.2. The third-order valence-corrected chi connectivity index (χ3v) is 3.48. The molecular formula is C18H18N2. The molecule has 0 fully saturated rings. The second kappa shape index (κ2) is 6.68. The summed E-state index contributed by atoms with van der Waals surface area (Å²) in [5.41, 5.74) is 3.96. The maximum absolute atomic E-state index is 8.74. The SMILES string of the molecule is CCC(C)c1ccc(C=Nc2ccc(C#N)cc2)cc1. The molecule has 0 aliphatic heterocycles. The smallest absolute Gasteiger partial charge is 0.0991 e. The first-order valence-corrected chi connectivity index (χ1v) is 6.87. The molecule has 2 heteroatoms. The highest BCUT2D eigenvalue weighted by Crippen LogP contribution is 2.19. The van der Waals surface area contributed by atoms with Crippen molar-refractivity contribution in [3.63, 3.8) is 0 Å². The largest absolute Gasteiger partial charge is 0.256 e. The first-order chi connectivity index (χ1) is 9.72. The molecule has 2 rings (SSSR count). The fourth-order valence-electron chi connectivity index (χ4n) is 1.92. The van der Waals surface area contributed by atoms with Crippen LogP contribution in [-0.2, 0) is 0 Å². The molecule has 0 spiro atoms. The first kappa shape index (κ1) is 14.0. The van der Waals surface area contributed by atoms with Crippen LogP contribution in [0.5, 0.6) is 0 Å². The van der Waals surface area contributed by atoms with E-state index in [1.807, 2.05) is 18.3 Å². The maximum Gasteiger partial charge on any atom is 0.0991 e. The Morgan fingerprint density at radius 2 is 1.75 bits per heavy atom. The van der Waals surface area contributed by atoms with Gasteiger partial charge in [0.15, 0.2) is 0 Å². The molecule has 1 atom stereocenters. The zero-order valence-corrected chi connectivity index (χ0v) is 11.9. The number of aliphatic imine (C=N–C) groups is 1. The van der Waals surface area contributed by atoms with Crippen molar-refractivity contribution in [1.82, 2.24) is 0 Å². The lowest BCUT2D eigenvalue weighted by Crippen LogP contribution is -1.91. The number of benzene rings is 2. The Morgan fingerprint density at radius 1 is 1.10 bits per heavy atom. The molecule has 0 amide bonds. The number of nitrogens with zero attached hydrogens (tertiary/aromatic N) is 2. The third-order valence-electron chi connectivity index (χ3n) is 3.48. The Labute approximate surface area is 120 Å². The number of hydrogen-bond donors (Lipinski definition) is 0. The van der Waals surface area contributed by atoms with Crippen LogP contribution in [0.25, 0.3) is 0 Å². The molecule has 2 aromatic rings. The summed E-state index contributed by atoms with van der Waals surface area (Å²) in [7, 11) is 0. The molecule has 0 bridgehead atoms. The van der Waals surface area contributed by atoms with Gasteiger partial charge in [-0.1, -0.05) is 38.1 Å². The van der Waals surface area contributed by atoms with E-state index in [0.717, 1.165) is 17.7 Å². The fraction of sp³-hybridized carbons (Fsp3) is 0.222. The van der Waals surface area contributed by atoms with E-state index in [1.165, 1.54) is 5.56 Å². The summed E-state index contributed by atoms with van der Waals surface area (Å²) in [5.74, 6) is 0.597. The summed E-state index contributed by atoms with van der Waals surface area (Å²) in [5, 5.41) is 8.74. The molecule has 0 saturated heterocycles. The van der Waals surface area contributed by atoms with Crippen molar-refractivity contribution in [2.75, 3.05) is 0 Å². The monoisotopic (exact) mass is 262 g/mol. The van der Waals surface area contributed by atoms with Crippen molar-refractivity contribution < 1.29 is 0 Å². The van der Waals surface area contributed by atoms with Gasteiger partial charge in [-0.25, -0.2) is 0 Å². The molecule has 0 aromatic heterocycles. The molecule has 100 valence electrons. The van der Waals surface area contributed by atoms with Gasteiger partial charge in [-0.05, 0) is 47.7 Å². The molecule has 0 aliphatic carbocycles. The van der Waals surface area contributed by atoms with Gasteiger partial charge in [0.25, 0.3) is 0 Å². The Bertz CT molecular complexity index is 616. The second-order valence-electron chi connectivity index (χ2n) is 4.89. The topological polar surface area (TPSA) is 36.1 Å². The molecule has 2 aromatic carbocycles. The third kappa shape index (κ3) is 3.55. The highest BCUT2D eigenvalue weighted by atomic mass is 14.7. The number of nitriles is 1. The van der Waals surface area contributed by atoms with Crippen LogP contribution in [0.1, 0.15) is 42.9 Å². The number of rotatable bonds is 4. The Kier molecular flexibility index (Phi) is 4.68. The van der Waals surface area contributed by atoms with Gasteiger partial charge in [-0.15, -0.1) is 0 Å². The first-order valence-electron chi connectivity index (χ1n) is 6.87. The zero-order valence-electron chi connectivity index (χ0n) is 11.9. The van der Waals surface area contributed by atoms with Gasteiger partial charge in [0, 0.05) is 6.21 Å². The second-order valence-corrected chi connectivity index (χ2v) is 4.89. The summed E-state index contributed by atoms with van der Waals surface area (Å²) < 4.78 is 0. The van der Waals surface area contributed by atoms with E-state index in [1.54, 1.807) is 12.1 Å². The summed E-state index contributed by atoms with van der Waals surface area (Å²) in [6.45, 7) is 4.44. The van der Waals surface area contributed by atoms with E-state index in [4.69, 9.17) is 5.26 Å². The van der Waals surface area contributed by atoms with Gasteiger partial charge in [0.05, 0.1) is 17.3 Å². The molecular weight excluding hydrogens is 244 g/mol. The van der Waals surface area contributed by atoms with Crippen molar-refractivity contribution in [2.24, 2.45) is 4.99 Å². The van der Waals surface area contributed by atoms with E-state index in [0.29, 0.717) is 11.5 Å². The van der Waals surface area contributed by atoms with Gasteiger partial charge in [-0.3, -0.25) is 4.99 Å². The average Bonchev–Trinajstić information content (AvgIpc) is 2.53. The lowest BCUT2D eigenvalue weighted by Gasteiger charge is -2.08. The van der Waals surface area contributed by atoms with Gasteiger partial charge in [0.1, 0.15) is 0 Å². The molecule has 1 unspecified atom stereocenters. The molecule has 0 saturated carbocycles. The van der Waals surface area contributed by atoms with Crippen molar-refractivity contribution in [3.05, 3.63) is 65.2 Å². The predicted octanol–water partition coefficient (Wildman–Crippen LogP) is 4.82. The zero-order chi connectivity index (χ0) is 14.4. The summed E-state index contributed by atoms with van der Waals surface area (Å²) in [4.78, 5) is 4.41. The molecule has 0 radical (unpaired) electrons. The highest BCUT2D eigenvalue weighted by Gasteiger charge is 2.01. The molecule has 0 N–H and O–H groups in total. The summed E-state index contributed by atoms with van der Waals surface area (Å²) in [6.07, 6.45) is 3.00. The van der Waals surface area contributed by atoms with Gasteiger partial charge in [0.2, 0.25) is 0 Å². The van der Waals surface area contributed by atoms with E-state index in [-0.39, 0.29) is 0 Å². The predicted molar refractivity (Wildman–Crippen MR) is 83.6 cm³/mol. The Morgan fingerprint density at radius 3 is 2.30 bits per heavy atom. The van der Waals surface area contributed by atoms with Crippen LogP contribution in [0.3, 0.4) is 0 Å². The van der Waals surface area contributed by atoms with Crippen LogP contribution in [0, 0.1) is 11.3 Å². The van der Waals surface area contributed by atoms with Crippen LogP contribution in [-0.4, -0.2) is 6.21 Å². The van der Waals surface area contributed by atoms with Crippen LogP contribution < -0.4 is 0 Å². The minimum absolute atomic E-state index is 0.597. The summed E-state index contributed by atoms with van der Waals surface area (Å²) in [6, 6.07) is 17.9.